The number of alkyl halides is 1. The Hall–Kier alpha value is -0.380. The Labute approximate surface area is 125 Å². The third kappa shape index (κ3) is 15.6. The molecule has 3 nitrogen and oxygen atoms in total. The molecule has 0 fully saturated rings. The van der Waals surface area contributed by atoms with Crippen LogP contribution in [0.25, 0.3) is 0 Å². The van der Waals surface area contributed by atoms with Gasteiger partial charge in [-0.3, -0.25) is 9.59 Å². The van der Waals surface area contributed by atoms with Gasteiger partial charge in [0.25, 0.3) is 0 Å². The zero-order valence-electron chi connectivity index (χ0n) is 12.1. The quantitative estimate of drug-likeness (QED) is 0.217. The smallest absolute Gasteiger partial charge is 0.313 e. The van der Waals surface area contributed by atoms with E-state index in [1.165, 1.54) is 51.9 Å². The van der Waals surface area contributed by atoms with E-state index >= 15 is 0 Å². The maximum absolute atomic E-state index is 11.1. The summed E-state index contributed by atoms with van der Waals surface area (Å²) in [6, 6.07) is 0. The molecule has 0 saturated carbocycles. The fourth-order valence-corrected chi connectivity index (χ4v) is 2.27. The van der Waals surface area contributed by atoms with E-state index in [0.29, 0.717) is 6.61 Å². The molecule has 0 aliphatic rings. The van der Waals surface area contributed by atoms with E-state index in [1.54, 1.807) is 0 Å². The minimum absolute atomic E-state index is 0.0889. The molecule has 0 aliphatic heterocycles. The van der Waals surface area contributed by atoms with Crippen LogP contribution in [0, 0.1) is 0 Å². The van der Waals surface area contributed by atoms with Gasteiger partial charge in [-0.1, -0.05) is 60.9 Å². The molecule has 0 aromatic carbocycles. The van der Waals surface area contributed by atoms with Crippen molar-refractivity contribution < 1.29 is 14.3 Å². The molecule has 0 aromatic heterocycles. The van der Waals surface area contributed by atoms with Crippen LogP contribution in [-0.4, -0.2) is 23.7 Å². The largest absolute Gasteiger partial charge is 0.465 e. The summed E-state index contributed by atoms with van der Waals surface area (Å²) in [7, 11) is 0. The third-order valence-electron chi connectivity index (χ3n) is 2.93. The highest BCUT2D eigenvalue weighted by Gasteiger charge is 2.05. The fourth-order valence-electron chi connectivity index (χ4n) is 1.87. The second kappa shape index (κ2) is 14.0. The summed E-state index contributed by atoms with van der Waals surface area (Å²) in [5, 5.41) is 1.12. The van der Waals surface area contributed by atoms with Crippen molar-refractivity contribution in [2.75, 3.05) is 11.9 Å². The summed E-state index contributed by atoms with van der Waals surface area (Å²) in [6.45, 7) is 1.86. The SMILES string of the molecule is CC(=O)CC(=O)OCCCCCCCCCCCBr. The summed E-state index contributed by atoms with van der Waals surface area (Å²) in [5.41, 5.74) is 0. The minimum atomic E-state index is -0.390. The van der Waals surface area contributed by atoms with Crippen LogP contribution in [0.4, 0.5) is 0 Å². The number of Topliss-reactive ketones (excluding diaryl/α,β-unsaturated/α-hetero) is 1. The number of unbranched alkanes of at least 4 members (excludes halogenated alkanes) is 8. The van der Waals surface area contributed by atoms with Crippen molar-refractivity contribution >= 4 is 27.7 Å². The van der Waals surface area contributed by atoms with Crippen molar-refractivity contribution in [1.29, 1.82) is 0 Å². The summed E-state index contributed by atoms with van der Waals surface area (Å²) in [5.74, 6) is -0.524. The van der Waals surface area contributed by atoms with Crippen LogP contribution in [0.1, 0.15) is 71.1 Å². The average molecular weight is 335 g/mol. The number of hydrogen-bond acceptors (Lipinski definition) is 3. The topological polar surface area (TPSA) is 43.4 Å². The van der Waals surface area contributed by atoms with Crippen LogP contribution in [0.3, 0.4) is 0 Å². The second-order valence-electron chi connectivity index (χ2n) is 4.97. The van der Waals surface area contributed by atoms with E-state index in [9.17, 15) is 9.59 Å². The second-order valence-corrected chi connectivity index (χ2v) is 5.76. The normalized spacial score (nSPS) is 10.4. The Balaban J connectivity index is 3.10. The first-order valence-electron chi connectivity index (χ1n) is 7.38. The molecule has 0 amide bonds. The predicted octanol–water partition coefficient (Wildman–Crippen LogP) is 4.41. The van der Waals surface area contributed by atoms with Crippen LogP contribution >= 0.6 is 15.9 Å². The van der Waals surface area contributed by atoms with Gasteiger partial charge in [0.2, 0.25) is 0 Å². The van der Waals surface area contributed by atoms with Crippen molar-refractivity contribution in [3.05, 3.63) is 0 Å². The summed E-state index contributed by atoms with van der Waals surface area (Å²) in [4.78, 5) is 21.7. The number of ketones is 1. The molecule has 4 heteroatoms. The van der Waals surface area contributed by atoms with Crippen LogP contribution in [-0.2, 0) is 14.3 Å². The van der Waals surface area contributed by atoms with Crippen LogP contribution in [0.2, 0.25) is 0 Å². The lowest BCUT2D eigenvalue weighted by Gasteiger charge is -2.04. The number of esters is 1. The maximum Gasteiger partial charge on any atom is 0.313 e. The predicted molar refractivity (Wildman–Crippen MR) is 81.6 cm³/mol. The molecule has 19 heavy (non-hydrogen) atoms. The maximum atomic E-state index is 11.1. The number of ether oxygens (including phenoxy) is 1. The molecule has 0 aromatic rings. The van der Waals surface area contributed by atoms with Gasteiger partial charge in [0.1, 0.15) is 12.2 Å². The molecule has 0 radical (unpaired) electrons. The molecule has 0 saturated heterocycles. The van der Waals surface area contributed by atoms with Crippen LogP contribution in [0.15, 0.2) is 0 Å². The Kier molecular flexibility index (Phi) is 13.8. The first-order valence-corrected chi connectivity index (χ1v) is 8.50. The standard InChI is InChI=1S/C15H27BrO3/c1-14(17)13-15(18)19-12-10-8-6-4-2-3-5-7-9-11-16/h2-13H2,1H3. The molecule has 0 N–H and O–H groups in total. The fraction of sp³-hybridized carbons (Fsp3) is 0.867. The van der Waals surface area contributed by atoms with E-state index in [-0.39, 0.29) is 18.2 Å². The number of halogens is 1. The number of rotatable bonds is 13. The van der Waals surface area contributed by atoms with Gasteiger partial charge < -0.3 is 4.74 Å². The zero-order valence-corrected chi connectivity index (χ0v) is 13.7. The van der Waals surface area contributed by atoms with Crippen LogP contribution in [0.5, 0.6) is 0 Å². The summed E-state index contributed by atoms with van der Waals surface area (Å²) < 4.78 is 4.96. The lowest BCUT2D eigenvalue weighted by molar-refractivity contribution is -0.145. The molecule has 0 rings (SSSR count). The van der Waals surface area contributed by atoms with Gasteiger partial charge in [-0.05, 0) is 19.8 Å². The molecular formula is C15H27BrO3. The van der Waals surface area contributed by atoms with E-state index in [4.69, 9.17) is 4.74 Å². The van der Waals surface area contributed by atoms with Gasteiger partial charge in [0.05, 0.1) is 6.61 Å². The van der Waals surface area contributed by atoms with Gasteiger partial charge in [0, 0.05) is 5.33 Å². The lowest BCUT2D eigenvalue weighted by Crippen LogP contribution is -2.09. The average Bonchev–Trinajstić information content (AvgIpc) is 2.35. The Morgan fingerprint density at radius 1 is 0.842 bits per heavy atom. The van der Waals surface area contributed by atoms with E-state index in [0.717, 1.165) is 18.2 Å². The first kappa shape index (κ1) is 18.6. The Morgan fingerprint density at radius 3 is 1.79 bits per heavy atom. The monoisotopic (exact) mass is 334 g/mol. The number of carbonyl (C=O) groups is 2. The highest BCUT2D eigenvalue weighted by atomic mass is 79.9. The van der Waals surface area contributed by atoms with E-state index in [2.05, 4.69) is 15.9 Å². The van der Waals surface area contributed by atoms with Crippen molar-refractivity contribution in [2.45, 2.75) is 71.1 Å². The van der Waals surface area contributed by atoms with Gasteiger partial charge in [-0.25, -0.2) is 0 Å². The van der Waals surface area contributed by atoms with Gasteiger partial charge in [-0.15, -0.1) is 0 Å². The van der Waals surface area contributed by atoms with Gasteiger partial charge >= 0.3 is 5.97 Å². The van der Waals surface area contributed by atoms with Crippen molar-refractivity contribution in [3.63, 3.8) is 0 Å². The minimum Gasteiger partial charge on any atom is -0.465 e. The van der Waals surface area contributed by atoms with Crippen molar-refractivity contribution in [3.8, 4) is 0 Å². The number of hydrogen-bond donors (Lipinski definition) is 0. The summed E-state index contributed by atoms with van der Waals surface area (Å²) in [6.07, 6.45) is 11.0. The highest BCUT2D eigenvalue weighted by Crippen LogP contribution is 2.10. The van der Waals surface area contributed by atoms with E-state index in [1.807, 2.05) is 0 Å². The third-order valence-corrected chi connectivity index (χ3v) is 3.50. The first-order chi connectivity index (χ1) is 9.16. The molecule has 0 heterocycles. The molecular weight excluding hydrogens is 308 g/mol. The number of carbonyl (C=O) groups excluding carboxylic acids is 2. The van der Waals surface area contributed by atoms with Crippen LogP contribution < -0.4 is 0 Å². The van der Waals surface area contributed by atoms with Crippen molar-refractivity contribution in [1.82, 2.24) is 0 Å². The Morgan fingerprint density at radius 2 is 1.32 bits per heavy atom. The Bertz CT molecular complexity index is 242. The lowest BCUT2D eigenvalue weighted by atomic mass is 10.1. The highest BCUT2D eigenvalue weighted by molar-refractivity contribution is 9.09. The molecule has 0 spiro atoms. The van der Waals surface area contributed by atoms with E-state index < -0.39 is 0 Å². The van der Waals surface area contributed by atoms with Gasteiger partial charge in [-0.2, -0.15) is 0 Å². The summed E-state index contributed by atoms with van der Waals surface area (Å²) >= 11 is 3.44. The molecule has 0 atom stereocenters. The molecule has 0 unspecified atom stereocenters. The molecule has 0 bridgehead atoms. The molecule has 112 valence electrons. The zero-order chi connectivity index (χ0) is 14.3. The van der Waals surface area contributed by atoms with Crippen molar-refractivity contribution in [2.24, 2.45) is 0 Å². The molecule has 0 aliphatic carbocycles. The van der Waals surface area contributed by atoms with Gasteiger partial charge in [0.15, 0.2) is 0 Å².